The van der Waals surface area contributed by atoms with Crippen LogP contribution in [0.5, 0.6) is 0 Å². The Morgan fingerprint density at radius 1 is 1.14 bits per heavy atom. The van der Waals surface area contributed by atoms with Crippen LogP contribution >= 0.6 is 15.9 Å². The van der Waals surface area contributed by atoms with Gasteiger partial charge in [-0.2, -0.15) is 4.31 Å². The minimum absolute atomic E-state index is 0.0210. The lowest BCUT2D eigenvalue weighted by Gasteiger charge is -2.30. The van der Waals surface area contributed by atoms with E-state index in [0.717, 1.165) is 8.78 Å². The molecule has 0 aliphatic heterocycles. The molecule has 0 spiro atoms. The van der Waals surface area contributed by atoms with Crippen LogP contribution in [0.3, 0.4) is 0 Å². The van der Waals surface area contributed by atoms with Gasteiger partial charge >= 0.3 is 5.97 Å². The zero-order chi connectivity index (χ0) is 21.6. The summed E-state index contributed by atoms with van der Waals surface area (Å²) in [6.45, 7) is 5.29. The van der Waals surface area contributed by atoms with Crippen molar-refractivity contribution < 1.29 is 22.3 Å². The van der Waals surface area contributed by atoms with Crippen LogP contribution in [-0.2, 0) is 26.1 Å². The van der Waals surface area contributed by atoms with Crippen molar-refractivity contribution in [3.63, 3.8) is 0 Å². The number of hydrogen-bond acceptors (Lipinski definition) is 4. The second-order valence-corrected chi connectivity index (χ2v) is 9.80. The van der Waals surface area contributed by atoms with Crippen LogP contribution < -0.4 is 0 Å². The third-order valence-corrected chi connectivity index (χ3v) is 6.70. The first kappa shape index (κ1) is 23.5. The third kappa shape index (κ3) is 6.10. The van der Waals surface area contributed by atoms with Gasteiger partial charge in [0.1, 0.15) is 11.9 Å². The van der Waals surface area contributed by atoms with Crippen LogP contribution in [0.25, 0.3) is 0 Å². The first-order chi connectivity index (χ1) is 13.7. The molecule has 0 bridgehead atoms. The summed E-state index contributed by atoms with van der Waals surface area (Å²) in [7, 11) is -4.10. The Balaban J connectivity index is 2.57. The molecule has 0 saturated heterocycles. The number of hydrogen-bond donors (Lipinski definition) is 0. The maximum atomic E-state index is 14.3. The van der Waals surface area contributed by atoms with Crippen LogP contribution in [0.2, 0.25) is 0 Å². The lowest BCUT2D eigenvalue weighted by atomic mass is 10.0. The summed E-state index contributed by atoms with van der Waals surface area (Å²) in [6.07, 6.45) is 0.253. The van der Waals surface area contributed by atoms with Crippen LogP contribution in [0.4, 0.5) is 4.39 Å². The van der Waals surface area contributed by atoms with Gasteiger partial charge in [0.15, 0.2) is 0 Å². The van der Waals surface area contributed by atoms with Gasteiger partial charge in [-0.1, -0.05) is 48.0 Å². The summed E-state index contributed by atoms with van der Waals surface area (Å²) in [5, 5.41) is 0. The summed E-state index contributed by atoms with van der Waals surface area (Å²) >= 11 is 3.29. The molecule has 158 valence electrons. The van der Waals surface area contributed by atoms with Gasteiger partial charge in [0.05, 0.1) is 11.5 Å². The molecule has 0 heterocycles. The molecule has 1 unspecified atom stereocenters. The smallest absolute Gasteiger partial charge is 0.324 e. The molecule has 2 aromatic rings. The molecule has 1 atom stereocenters. The first-order valence-corrected chi connectivity index (χ1v) is 11.6. The fourth-order valence-electron chi connectivity index (χ4n) is 2.92. The third-order valence-electron chi connectivity index (χ3n) is 4.31. The fraction of sp³-hybridized carbons (Fsp3) is 0.381. The molecule has 0 radical (unpaired) electrons. The maximum absolute atomic E-state index is 14.3. The molecule has 8 heteroatoms. The number of carbonyl (C=O) groups excluding carboxylic acids is 1. The Bertz CT molecular complexity index is 932. The van der Waals surface area contributed by atoms with Crippen molar-refractivity contribution in [1.29, 1.82) is 0 Å². The lowest BCUT2D eigenvalue weighted by Crippen LogP contribution is -2.46. The molecular formula is C21H25BrFNO4S. The second-order valence-electron chi connectivity index (χ2n) is 6.99. The standard InChI is InChI=1S/C21H25BrFNO4S/c1-4-28-21(25)20(13-15(2)3)24(14-16-7-5-6-8-19(16)23)29(26,27)18-11-9-17(22)10-12-18/h5-12,15,20H,4,13-14H2,1-3H3. The van der Waals surface area contributed by atoms with Gasteiger partial charge < -0.3 is 4.74 Å². The Morgan fingerprint density at radius 3 is 2.31 bits per heavy atom. The summed E-state index contributed by atoms with van der Waals surface area (Å²) < 4.78 is 48.2. The van der Waals surface area contributed by atoms with E-state index in [2.05, 4.69) is 15.9 Å². The van der Waals surface area contributed by atoms with E-state index in [1.54, 1.807) is 25.1 Å². The number of rotatable bonds is 9. The van der Waals surface area contributed by atoms with E-state index in [0.29, 0.717) is 0 Å². The Labute approximate surface area is 180 Å². The van der Waals surface area contributed by atoms with Crippen LogP contribution in [0.15, 0.2) is 57.9 Å². The highest BCUT2D eigenvalue weighted by Gasteiger charge is 2.37. The van der Waals surface area contributed by atoms with E-state index in [4.69, 9.17) is 4.74 Å². The van der Waals surface area contributed by atoms with Gasteiger partial charge in [-0.05, 0) is 49.6 Å². The van der Waals surface area contributed by atoms with E-state index >= 15 is 0 Å². The Hall–Kier alpha value is -1.77. The largest absolute Gasteiger partial charge is 0.465 e. The van der Waals surface area contributed by atoms with E-state index in [1.165, 1.54) is 30.3 Å². The topological polar surface area (TPSA) is 63.7 Å². The predicted molar refractivity (Wildman–Crippen MR) is 113 cm³/mol. The van der Waals surface area contributed by atoms with Gasteiger partial charge in [0.25, 0.3) is 0 Å². The van der Waals surface area contributed by atoms with Crippen molar-refractivity contribution in [2.24, 2.45) is 5.92 Å². The lowest BCUT2D eigenvalue weighted by molar-refractivity contribution is -0.148. The molecule has 0 aromatic heterocycles. The van der Waals surface area contributed by atoms with Crippen LogP contribution in [0, 0.1) is 11.7 Å². The van der Waals surface area contributed by atoms with Crippen LogP contribution in [0.1, 0.15) is 32.8 Å². The monoisotopic (exact) mass is 485 g/mol. The van der Waals surface area contributed by atoms with Crippen LogP contribution in [-0.4, -0.2) is 31.3 Å². The molecular weight excluding hydrogens is 461 g/mol. The fourth-order valence-corrected chi connectivity index (χ4v) is 4.75. The maximum Gasteiger partial charge on any atom is 0.324 e. The minimum atomic E-state index is -4.10. The number of nitrogens with zero attached hydrogens (tertiary/aromatic N) is 1. The SMILES string of the molecule is CCOC(=O)C(CC(C)C)N(Cc1ccccc1F)S(=O)(=O)c1ccc(Br)cc1. The van der Waals surface area contributed by atoms with Crippen molar-refractivity contribution in [3.8, 4) is 0 Å². The predicted octanol–water partition coefficient (Wildman–Crippen LogP) is 4.76. The van der Waals surface area contributed by atoms with Crippen molar-refractivity contribution in [3.05, 3.63) is 64.4 Å². The van der Waals surface area contributed by atoms with E-state index in [9.17, 15) is 17.6 Å². The molecule has 2 aromatic carbocycles. The first-order valence-electron chi connectivity index (χ1n) is 9.34. The number of ether oxygens (including phenoxy) is 1. The normalized spacial score (nSPS) is 12.9. The molecule has 0 aliphatic rings. The molecule has 0 fully saturated rings. The number of esters is 1. The molecule has 29 heavy (non-hydrogen) atoms. The number of benzene rings is 2. The molecule has 5 nitrogen and oxygen atoms in total. The second kappa shape index (κ2) is 10.3. The number of carbonyl (C=O) groups is 1. The zero-order valence-electron chi connectivity index (χ0n) is 16.6. The van der Waals surface area contributed by atoms with Crippen molar-refractivity contribution in [2.75, 3.05) is 6.61 Å². The van der Waals surface area contributed by atoms with Gasteiger partial charge in [-0.3, -0.25) is 4.79 Å². The molecule has 0 saturated carbocycles. The summed E-state index contributed by atoms with van der Waals surface area (Å²) in [5.74, 6) is -1.15. The number of sulfonamides is 1. The quantitative estimate of drug-likeness (QED) is 0.480. The summed E-state index contributed by atoms with van der Waals surface area (Å²) in [5.41, 5.74) is 0.186. The van der Waals surface area contributed by atoms with E-state index in [-0.39, 0.29) is 35.9 Å². The van der Waals surface area contributed by atoms with E-state index in [1.807, 2.05) is 13.8 Å². The molecule has 0 N–H and O–H groups in total. The highest BCUT2D eigenvalue weighted by Crippen LogP contribution is 2.27. The van der Waals surface area contributed by atoms with Gasteiger partial charge in [0.2, 0.25) is 10.0 Å². The highest BCUT2D eigenvalue weighted by atomic mass is 79.9. The van der Waals surface area contributed by atoms with Gasteiger partial charge in [-0.25, -0.2) is 12.8 Å². The van der Waals surface area contributed by atoms with Crippen molar-refractivity contribution in [1.82, 2.24) is 4.31 Å². The highest BCUT2D eigenvalue weighted by molar-refractivity contribution is 9.10. The minimum Gasteiger partial charge on any atom is -0.465 e. The van der Waals surface area contributed by atoms with Crippen molar-refractivity contribution >= 4 is 31.9 Å². The molecule has 2 rings (SSSR count). The van der Waals surface area contributed by atoms with E-state index < -0.39 is 27.9 Å². The average Bonchev–Trinajstić information content (AvgIpc) is 2.66. The summed E-state index contributed by atoms with van der Waals surface area (Å²) in [6, 6.07) is 11.0. The van der Waals surface area contributed by atoms with Crippen molar-refractivity contribution in [2.45, 2.75) is 44.7 Å². The molecule has 0 aliphatic carbocycles. The number of halogens is 2. The Morgan fingerprint density at radius 2 is 1.76 bits per heavy atom. The van der Waals surface area contributed by atoms with Gasteiger partial charge in [0, 0.05) is 16.6 Å². The zero-order valence-corrected chi connectivity index (χ0v) is 19.0. The average molecular weight is 486 g/mol. The summed E-state index contributed by atoms with van der Waals surface area (Å²) in [4.78, 5) is 12.7. The Kier molecular flexibility index (Phi) is 8.36. The van der Waals surface area contributed by atoms with Gasteiger partial charge in [-0.15, -0.1) is 0 Å². The molecule has 0 amide bonds.